The van der Waals surface area contributed by atoms with Gasteiger partial charge in [-0.3, -0.25) is 0 Å². The summed E-state index contributed by atoms with van der Waals surface area (Å²) in [5.74, 6) is 0. The first kappa shape index (κ1) is 9.51. The lowest BCUT2D eigenvalue weighted by atomic mass is 10.4. The molecule has 0 saturated heterocycles. The lowest BCUT2D eigenvalue weighted by Crippen LogP contribution is -2.34. The average Bonchev–Trinajstić information content (AvgIpc) is 2.53. The molecule has 0 unspecified atom stereocenters. The van der Waals surface area contributed by atoms with Gasteiger partial charge in [-0.1, -0.05) is 32.9 Å². The molecule has 2 nitrogen and oxygen atoms in total. The van der Waals surface area contributed by atoms with Crippen LogP contribution in [0.1, 0.15) is 19.8 Å². The molecule has 3 heteroatoms. The number of hydrogen-bond acceptors (Lipinski definition) is 1. The third-order valence-electron chi connectivity index (χ3n) is 2.35. The van der Waals surface area contributed by atoms with Gasteiger partial charge < -0.3 is 4.23 Å². The molecule has 0 radical (unpaired) electrons. The van der Waals surface area contributed by atoms with Crippen molar-refractivity contribution < 1.29 is 0 Å². The van der Waals surface area contributed by atoms with E-state index >= 15 is 0 Å². The van der Waals surface area contributed by atoms with Crippen molar-refractivity contribution in [3.05, 3.63) is 18.7 Å². The summed E-state index contributed by atoms with van der Waals surface area (Å²) in [6.07, 6.45) is 8.58. The van der Waals surface area contributed by atoms with Crippen LogP contribution in [0.15, 0.2) is 18.7 Å². The second-order valence-electron chi connectivity index (χ2n) is 3.89. The third-order valence-corrected chi connectivity index (χ3v) is 5.59. The van der Waals surface area contributed by atoms with E-state index in [1.54, 1.807) is 0 Å². The van der Waals surface area contributed by atoms with Gasteiger partial charge in [0.1, 0.15) is 0 Å². The molecule has 0 N–H and O–H groups in total. The Hall–Kier alpha value is -0.573. The van der Waals surface area contributed by atoms with Crippen molar-refractivity contribution in [3.8, 4) is 0 Å². The van der Waals surface area contributed by atoms with Crippen LogP contribution in [0.4, 0.5) is 0 Å². The van der Waals surface area contributed by atoms with Gasteiger partial charge in [0.25, 0.3) is 0 Å². The zero-order valence-electron chi connectivity index (χ0n) is 8.25. The molecule has 0 saturated carbocycles. The maximum Gasteiger partial charge on any atom is 0.157 e. The van der Waals surface area contributed by atoms with Gasteiger partial charge in [0.05, 0.1) is 6.33 Å². The molecule has 0 fully saturated rings. The molecule has 1 heterocycles. The number of imidazole rings is 1. The molecule has 1 aromatic rings. The largest absolute Gasteiger partial charge is 0.365 e. The molecular weight excluding hydrogens is 164 g/mol. The highest BCUT2D eigenvalue weighted by Crippen LogP contribution is 2.15. The first-order chi connectivity index (χ1) is 5.67. The minimum atomic E-state index is -1.19. The van der Waals surface area contributed by atoms with Gasteiger partial charge in [0, 0.05) is 12.4 Å². The molecular formula is C9H18N2Si. The van der Waals surface area contributed by atoms with Gasteiger partial charge in [-0.05, 0) is 6.04 Å². The highest BCUT2D eigenvalue weighted by molar-refractivity contribution is 6.75. The van der Waals surface area contributed by atoms with Crippen LogP contribution in [-0.2, 0) is 0 Å². The average molecular weight is 182 g/mol. The van der Waals surface area contributed by atoms with Gasteiger partial charge in [0.2, 0.25) is 0 Å². The molecule has 0 spiro atoms. The number of rotatable bonds is 4. The summed E-state index contributed by atoms with van der Waals surface area (Å²) in [5, 5.41) is 0. The molecule has 68 valence electrons. The minimum absolute atomic E-state index is 1.19. The fraction of sp³-hybridized carbons (Fsp3) is 0.667. The zero-order valence-corrected chi connectivity index (χ0v) is 9.25. The standard InChI is InChI=1S/C9H18N2Si/c1-4-5-8-12(2,3)11-7-6-10-9-11/h6-7,9H,4-5,8H2,1-3H3. The summed E-state index contributed by atoms with van der Waals surface area (Å²) in [4.78, 5) is 4.09. The first-order valence-corrected chi connectivity index (χ1v) is 7.80. The summed E-state index contributed by atoms with van der Waals surface area (Å²) < 4.78 is 2.32. The van der Waals surface area contributed by atoms with Crippen LogP contribution in [0, 0.1) is 0 Å². The number of aromatic nitrogens is 2. The van der Waals surface area contributed by atoms with E-state index in [0.717, 1.165) is 0 Å². The number of hydrogen-bond donors (Lipinski definition) is 0. The highest BCUT2D eigenvalue weighted by atomic mass is 28.3. The molecule has 0 atom stereocenters. The first-order valence-electron chi connectivity index (χ1n) is 4.65. The van der Waals surface area contributed by atoms with Crippen molar-refractivity contribution in [2.75, 3.05) is 0 Å². The lowest BCUT2D eigenvalue weighted by molar-refractivity contribution is 0.852. The third kappa shape index (κ3) is 2.20. The fourth-order valence-electron chi connectivity index (χ4n) is 1.36. The molecule has 12 heavy (non-hydrogen) atoms. The molecule has 0 aliphatic carbocycles. The predicted molar refractivity (Wildman–Crippen MR) is 54.8 cm³/mol. The van der Waals surface area contributed by atoms with Crippen LogP contribution < -0.4 is 0 Å². The molecule has 1 rings (SSSR count). The molecule has 1 aromatic heterocycles. The smallest absolute Gasteiger partial charge is 0.157 e. The molecule has 0 aliphatic rings. The lowest BCUT2D eigenvalue weighted by Gasteiger charge is -2.23. The maximum absolute atomic E-state index is 4.09. The summed E-state index contributed by atoms with van der Waals surface area (Å²) in [6.45, 7) is 7.03. The monoisotopic (exact) mass is 182 g/mol. The van der Waals surface area contributed by atoms with Gasteiger partial charge in [-0.25, -0.2) is 4.98 Å². The van der Waals surface area contributed by atoms with Gasteiger partial charge in [-0.15, -0.1) is 0 Å². The Morgan fingerprint density at radius 1 is 1.42 bits per heavy atom. The Labute approximate surface area is 75.7 Å². The topological polar surface area (TPSA) is 17.8 Å². The van der Waals surface area contributed by atoms with Crippen molar-refractivity contribution in [1.29, 1.82) is 0 Å². The van der Waals surface area contributed by atoms with E-state index in [9.17, 15) is 0 Å². The van der Waals surface area contributed by atoms with E-state index < -0.39 is 8.24 Å². The van der Waals surface area contributed by atoms with Crippen molar-refractivity contribution in [1.82, 2.24) is 9.22 Å². The van der Waals surface area contributed by atoms with E-state index in [-0.39, 0.29) is 0 Å². The van der Waals surface area contributed by atoms with E-state index in [0.29, 0.717) is 0 Å². The normalized spacial score (nSPS) is 11.9. The maximum atomic E-state index is 4.09. The van der Waals surface area contributed by atoms with E-state index in [2.05, 4.69) is 35.4 Å². The Balaban J connectivity index is 2.59. The van der Waals surface area contributed by atoms with Crippen molar-refractivity contribution in [2.24, 2.45) is 0 Å². The van der Waals surface area contributed by atoms with Gasteiger partial charge in [-0.2, -0.15) is 0 Å². The van der Waals surface area contributed by atoms with E-state index in [4.69, 9.17) is 0 Å². The number of unbranched alkanes of at least 4 members (excludes halogenated alkanes) is 1. The van der Waals surface area contributed by atoms with Crippen molar-refractivity contribution >= 4 is 8.24 Å². The molecule has 0 aliphatic heterocycles. The van der Waals surface area contributed by atoms with E-state index in [1.165, 1.54) is 18.9 Å². The van der Waals surface area contributed by atoms with Crippen LogP contribution >= 0.6 is 0 Å². The quantitative estimate of drug-likeness (QED) is 0.655. The Bertz CT molecular complexity index is 216. The summed E-state index contributed by atoms with van der Waals surface area (Å²) >= 11 is 0. The van der Waals surface area contributed by atoms with Gasteiger partial charge >= 0.3 is 0 Å². The second kappa shape index (κ2) is 3.89. The Kier molecular flexibility index (Phi) is 3.09. The minimum Gasteiger partial charge on any atom is -0.365 e. The summed E-state index contributed by atoms with van der Waals surface area (Å²) in [7, 11) is -1.19. The van der Waals surface area contributed by atoms with Crippen molar-refractivity contribution in [3.63, 3.8) is 0 Å². The van der Waals surface area contributed by atoms with E-state index in [1.807, 2.05) is 12.5 Å². The SMILES string of the molecule is CCCC[Si](C)(C)n1ccnc1. The zero-order chi connectivity index (χ0) is 9.03. The highest BCUT2D eigenvalue weighted by Gasteiger charge is 2.21. The van der Waals surface area contributed by atoms with Crippen LogP contribution in [0.3, 0.4) is 0 Å². The fourth-order valence-corrected chi connectivity index (χ4v) is 3.68. The second-order valence-corrected chi connectivity index (χ2v) is 8.53. The Morgan fingerprint density at radius 2 is 2.17 bits per heavy atom. The molecule has 0 amide bonds. The van der Waals surface area contributed by atoms with Gasteiger partial charge in [0.15, 0.2) is 8.24 Å². The van der Waals surface area contributed by atoms with Crippen LogP contribution in [0.5, 0.6) is 0 Å². The van der Waals surface area contributed by atoms with Crippen molar-refractivity contribution in [2.45, 2.75) is 38.9 Å². The van der Waals surface area contributed by atoms with Crippen LogP contribution in [-0.4, -0.2) is 17.5 Å². The predicted octanol–water partition coefficient (Wildman–Crippen LogP) is 2.74. The summed E-state index contributed by atoms with van der Waals surface area (Å²) in [5.41, 5.74) is 0. The van der Waals surface area contributed by atoms with Crippen LogP contribution in [0.2, 0.25) is 19.1 Å². The molecule has 0 aromatic carbocycles. The number of nitrogens with zero attached hydrogens (tertiary/aromatic N) is 2. The summed E-state index contributed by atoms with van der Waals surface area (Å²) in [6, 6.07) is 1.36. The van der Waals surface area contributed by atoms with Crippen LogP contribution in [0.25, 0.3) is 0 Å². The molecule has 0 bridgehead atoms. The Morgan fingerprint density at radius 3 is 2.67 bits per heavy atom.